The van der Waals surface area contributed by atoms with Gasteiger partial charge < -0.3 is 10.1 Å². The molecule has 23 heavy (non-hydrogen) atoms. The molecule has 0 aliphatic carbocycles. The van der Waals surface area contributed by atoms with E-state index in [2.05, 4.69) is 15.4 Å². The predicted octanol–water partition coefficient (Wildman–Crippen LogP) is 3.26. The van der Waals surface area contributed by atoms with Gasteiger partial charge >= 0.3 is 0 Å². The number of methoxy groups -OCH3 is 1. The van der Waals surface area contributed by atoms with Crippen molar-refractivity contribution in [2.75, 3.05) is 12.4 Å². The minimum atomic E-state index is -0.300. The maximum absolute atomic E-state index is 12.6. The van der Waals surface area contributed by atoms with Crippen molar-refractivity contribution >= 4 is 28.8 Å². The predicted molar refractivity (Wildman–Crippen MR) is 88.4 cm³/mol. The lowest BCUT2D eigenvalue weighted by Gasteiger charge is -2.12. The van der Waals surface area contributed by atoms with Gasteiger partial charge in [0.05, 0.1) is 29.7 Å². The summed E-state index contributed by atoms with van der Waals surface area (Å²) in [4.78, 5) is 16.8. The number of hydrogen-bond acceptors (Lipinski definition) is 4. The zero-order valence-electron chi connectivity index (χ0n) is 12.9. The SMILES string of the molecule is COc1ccc(Cl)cc1NC(=O)c1cnc2cc(C)nn2c1C. The van der Waals surface area contributed by atoms with Crippen molar-refractivity contribution in [2.24, 2.45) is 0 Å². The molecule has 2 heterocycles. The van der Waals surface area contributed by atoms with E-state index in [-0.39, 0.29) is 5.91 Å². The number of fused-ring (bicyclic) bond motifs is 1. The fourth-order valence-electron chi connectivity index (χ4n) is 2.35. The van der Waals surface area contributed by atoms with Crippen LogP contribution in [0.1, 0.15) is 21.7 Å². The van der Waals surface area contributed by atoms with Crippen molar-refractivity contribution in [2.45, 2.75) is 13.8 Å². The van der Waals surface area contributed by atoms with Gasteiger partial charge in [-0.1, -0.05) is 11.6 Å². The molecule has 0 unspecified atom stereocenters. The summed E-state index contributed by atoms with van der Waals surface area (Å²) in [6, 6.07) is 6.89. The molecule has 1 amide bonds. The molecule has 0 fully saturated rings. The highest BCUT2D eigenvalue weighted by molar-refractivity contribution is 6.31. The summed E-state index contributed by atoms with van der Waals surface area (Å²) in [5.74, 6) is 0.231. The van der Waals surface area contributed by atoms with Crippen LogP contribution in [0.2, 0.25) is 5.02 Å². The quantitative estimate of drug-likeness (QED) is 0.800. The van der Waals surface area contributed by atoms with Gasteiger partial charge in [0.1, 0.15) is 5.75 Å². The number of nitrogens with zero attached hydrogens (tertiary/aromatic N) is 3. The van der Waals surface area contributed by atoms with Crippen molar-refractivity contribution in [3.8, 4) is 5.75 Å². The van der Waals surface area contributed by atoms with Gasteiger partial charge in [-0.05, 0) is 32.0 Å². The Hall–Kier alpha value is -2.60. The van der Waals surface area contributed by atoms with Crippen LogP contribution in [-0.4, -0.2) is 27.6 Å². The molecule has 0 bridgehead atoms. The van der Waals surface area contributed by atoms with Crippen LogP contribution >= 0.6 is 11.6 Å². The maximum Gasteiger partial charge on any atom is 0.259 e. The van der Waals surface area contributed by atoms with Gasteiger partial charge in [0.25, 0.3) is 5.91 Å². The summed E-state index contributed by atoms with van der Waals surface area (Å²) in [6.45, 7) is 3.70. The summed E-state index contributed by atoms with van der Waals surface area (Å²) in [7, 11) is 1.53. The van der Waals surface area contributed by atoms with Gasteiger partial charge in [0.15, 0.2) is 5.65 Å². The first-order chi connectivity index (χ1) is 11.0. The van der Waals surface area contributed by atoms with Crippen molar-refractivity contribution in [1.82, 2.24) is 14.6 Å². The number of nitrogens with one attached hydrogen (secondary N) is 1. The van der Waals surface area contributed by atoms with Crippen LogP contribution < -0.4 is 10.1 Å². The highest BCUT2D eigenvalue weighted by Crippen LogP contribution is 2.28. The van der Waals surface area contributed by atoms with Crippen LogP contribution in [0.4, 0.5) is 5.69 Å². The van der Waals surface area contributed by atoms with Crippen LogP contribution in [0.5, 0.6) is 5.75 Å². The number of carbonyl (C=O) groups excluding carboxylic acids is 1. The molecule has 3 aromatic rings. The van der Waals surface area contributed by atoms with Crippen LogP contribution in [0.3, 0.4) is 0 Å². The van der Waals surface area contributed by atoms with E-state index in [9.17, 15) is 4.79 Å². The molecular weight excluding hydrogens is 316 g/mol. The number of halogens is 1. The van der Waals surface area contributed by atoms with E-state index in [1.807, 2.05) is 19.9 Å². The lowest BCUT2D eigenvalue weighted by Crippen LogP contribution is -2.16. The smallest absolute Gasteiger partial charge is 0.259 e. The number of aryl methyl sites for hydroxylation is 2. The Balaban J connectivity index is 1.98. The summed E-state index contributed by atoms with van der Waals surface area (Å²) < 4.78 is 6.89. The Labute approximate surface area is 138 Å². The molecule has 0 radical (unpaired) electrons. The molecule has 0 saturated heterocycles. The number of amides is 1. The van der Waals surface area contributed by atoms with Gasteiger partial charge in [-0.3, -0.25) is 4.79 Å². The highest BCUT2D eigenvalue weighted by Gasteiger charge is 2.16. The first kappa shape index (κ1) is 15.3. The molecule has 0 spiro atoms. The first-order valence-electron chi connectivity index (χ1n) is 6.96. The normalized spacial score (nSPS) is 10.8. The van der Waals surface area contributed by atoms with Gasteiger partial charge in [-0.2, -0.15) is 5.10 Å². The van der Waals surface area contributed by atoms with E-state index in [1.165, 1.54) is 13.3 Å². The Kier molecular flexibility index (Phi) is 3.92. The van der Waals surface area contributed by atoms with Crippen molar-refractivity contribution in [1.29, 1.82) is 0 Å². The number of hydrogen-bond donors (Lipinski definition) is 1. The monoisotopic (exact) mass is 330 g/mol. The average molecular weight is 331 g/mol. The molecule has 6 nitrogen and oxygen atoms in total. The molecule has 0 aliphatic heterocycles. The Bertz CT molecular complexity index is 904. The number of ether oxygens (including phenoxy) is 1. The third-order valence-corrected chi connectivity index (χ3v) is 3.74. The lowest BCUT2D eigenvalue weighted by atomic mass is 10.2. The molecule has 1 aromatic carbocycles. The molecule has 1 N–H and O–H groups in total. The van der Waals surface area contributed by atoms with Gasteiger partial charge in [0.2, 0.25) is 0 Å². The summed E-state index contributed by atoms with van der Waals surface area (Å²) in [5, 5.41) is 7.65. The first-order valence-corrected chi connectivity index (χ1v) is 7.34. The number of anilines is 1. The van der Waals surface area contributed by atoms with Gasteiger partial charge in [-0.25, -0.2) is 9.50 Å². The third kappa shape index (κ3) is 2.85. The van der Waals surface area contributed by atoms with Crippen LogP contribution in [0, 0.1) is 13.8 Å². The molecule has 2 aromatic heterocycles. The number of rotatable bonds is 3. The number of carbonyl (C=O) groups is 1. The Morgan fingerprint density at radius 2 is 2.09 bits per heavy atom. The zero-order valence-corrected chi connectivity index (χ0v) is 13.7. The largest absolute Gasteiger partial charge is 0.495 e. The summed E-state index contributed by atoms with van der Waals surface area (Å²) in [5.41, 5.74) is 3.19. The summed E-state index contributed by atoms with van der Waals surface area (Å²) >= 11 is 5.98. The Morgan fingerprint density at radius 3 is 2.83 bits per heavy atom. The fraction of sp³-hybridized carbons (Fsp3) is 0.188. The summed E-state index contributed by atoms with van der Waals surface area (Å²) in [6.07, 6.45) is 1.54. The second-order valence-electron chi connectivity index (χ2n) is 5.11. The minimum absolute atomic E-state index is 0.300. The fourth-order valence-corrected chi connectivity index (χ4v) is 2.53. The molecule has 0 aliphatic rings. The van der Waals surface area contributed by atoms with E-state index in [0.29, 0.717) is 33.4 Å². The number of benzene rings is 1. The van der Waals surface area contributed by atoms with E-state index in [0.717, 1.165) is 5.69 Å². The topological polar surface area (TPSA) is 68.5 Å². The third-order valence-electron chi connectivity index (χ3n) is 3.50. The van der Waals surface area contributed by atoms with Crippen molar-refractivity contribution < 1.29 is 9.53 Å². The second kappa shape index (κ2) is 5.89. The molecule has 7 heteroatoms. The highest BCUT2D eigenvalue weighted by atomic mass is 35.5. The molecular formula is C16H15ClN4O2. The molecule has 0 atom stereocenters. The van der Waals surface area contributed by atoms with Crippen molar-refractivity contribution in [3.63, 3.8) is 0 Å². The van der Waals surface area contributed by atoms with E-state index < -0.39 is 0 Å². The molecule has 118 valence electrons. The maximum atomic E-state index is 12.6. The number of aromatic nitrogens is 3. The molecule has 3 rings (SSSR count). The van der Waals surface area contributed by atoms with Gasteiger partial charge in [-0.15, -0.1) is 0 Å². The van der Waals surface area contributed by atoms with E-state index in [4.69, 9.17) is 16.3 Å². The van der Waals surface area contributed by atoms with Crippen LogP contribution in [0.15, 0.2) is 30.5 Å². The van der Waals surface area contributed by atoms with E-state index >= 15 is 0 Å². The minimum Gasteiger partial charge on any atom is -0.495 e. The average Bonchev–Trinajstić information content (AvgIpc) is 2.89. The Morgan fingerprint density at radius 1 is 1.30 bits per heavy atom. The standard InChI is InChI=1S/C16H15ClN4O2/c1-9-6-15-18-8-12(10(2)21(15)20-9)16(22)19-13-7-11(17)4-5-14(13)23-3/h4-8H,1-3H3,(H,19,22). The zero-order chi connectivity index (χ0) is 16.6. The lowest BCUT2D eigenvalue weighted by molar-refractivity contribution is 0.102. The van der Waals surface area contributed by atoms with Crippen LogP contribution in [-0.2, 0) is 0 Å². The van der Waals surface area contributed by atoms with Gasteiger partial charge in [0, 0.05) is 17.3 Å². The second-order valence-corrected chi connectivity index (χ2v) is 5.55. The van der Waals surface area contributed by atoms with E-state index in [1.54, 1.807) is 22.7 Å². The van der Waals surface area contributed by atoms with Crippen LogP contribution in [0.25, 0.3) is 5.65 Å². The molecule has 0 saturated carbocycles. The van der Waals surface area contributed by atoms with Crippen molar-refractivity contribution in [3.05, 3.63) is 52.4 Å².